The smallest absolute Gasteiger partial charge is 0.258 e. The van der Waals surface area contributed by atoms with Crippen molar-refractivity contribution in [2.24, 2.45) is 10.2 Å². The maximum Gasteiger partial charge on any atom is 0.271 e. The van der Waals surface area contributed by atoms with Gasteiger partial charge in [-0.2, -0.15) is 20.5 Å². The van der Waals surface area contributed by atoms with Crippen LogP contribution in [0.5, 0.6) is 0 Å². The van der Waals surface area contributed by atoms with Crippen molar-refractivity contribution in [2.45, 2.75) is 13.3 Å². The van der Waals surface area contributed by atoms with E-state index in [1.165, 1.54) is 18.2 Å². The van der Waals surface area contributed by atoms with E-state index >= 15 is 0 Å². The van der Waals surface area contributed by atoms with Crippen molar-refractivity contribution in [3.05, 3.63) is 57.1 Å². The Morgan fingerprint density at radius 3 is 2.48 bits per heavy atom. The number of hydrogen-bond acceptors (Lipinski definition) is 7. The molecule has 2 aromatic rings. The first-order valence-electron chi connectivity index (χ1n) is 7.08. The zero-order valence-corrected chi connectivity index (χ0v) is 13.8. The lowest BCUT2D eigenvalue weighted by Gasteiger charge is -2.11. The number of benzene rings is 2. The van der Waals surface area contributed by atoms with Gasteiger partial charge in [0.2, 0.25) is 0 Å². The van der Waals surface area contributed by atoms with Gasteiger partial charge in [-0.25, -0.2) is 0 Å². The molecule has 0 radical (unpaired) electrons. The number of halogens is 1. The Labute approximate surface area is 148 Å². The fourth-order valence-corrected chi connectivity index (χ4v) is 2.28. The lowest BCUT2D eigenvalue weighted by Crippen LogP contribution is -2.09. The second-order valence-corrected chi connectivity index (χ2v) is 5.20. The summed E-state index contributed by atoms with van der Waals surface area (Å²) < 4.78 is 0. The molecule has 0 saturated carbocycles. The van der Waals surface area contributed by atoms with E-state index in [0.29, 0.717) is 23.5 Å². The van der Waals surface area contributed by atoms with E-state index in [9.17, 15) is 10.1 Å². The Kier molecular flexibility index (Phi) is 5.62. The quantitative estimate of drug-likeness (QED) is 0.246. The minimum atomic E-state index is -0.546. The Morgan fingerprint density at radius 1 is 1.20 bits per heavy atom. The van der Waals surface area contributed by atoms with Crippen LogP contribution in [0.4, 0.5) is 22.7 Å². The molecule has 0 heterocycles. The Balaban J connectivity index is 2.32. The zero-order valence-electron chi connectivity index (χ0n) is 13.0. The largest absolute Gasteiger partial charge is 0.271 e. The SMILES string of the molecule is CCc1cc(N=Nc2ccc([N+](=O)[O-])cc2Cl)ccc1N(C#N)C#N. The highest BCUT2D eigenvalue weighted by Gasteiger charge is 2.11. The average molecular weight is 355 g/mol. The van der Waals surface area contributed by atoms with Gasteiger partial charge in [0.15, 0.2) is 12.4 Å². The Hall–Kier alpha value is -3.49. The molecule has 0 aliphatic carbocycles. The molecule has 0 unspecified atom stereocenters. The maximum atomic E-state index is 10.7. The summed E-state index contributed by atoms with van der Waals surface area (Å²) in [4.78, 5) is 11.1. The monoisotopic (exact) mass is 354 g/mol. The summed E-state index contributed by atoms with van der Waals surface area (Å²) in [5.74, 6) is 0. The normalized spacial score (nSPS) is 10.2. The fraction of sp³-hybridized carbons (Fsp3) is 0.125. The molecule has 0 bridgehead atoms. The number of azo groups is 1. The van der Waals surface area contributed by atoms with E-state index in [-0.39, 0.29) is 10.7 Å². The summed E-state index contributed by atoms with van der Waals surface area (Å²) in [7, 11) is 0. The van der Waals surface area contributed by atoms with E-state index in [1.54, 1.807) is 30.6 Å². The molecular formula is C16H11ClN6O2. The predicted octanol–water partition coefficient (Wildman–Crippen LogP) is 4.99. The van der Waals surface area contributed by atoms with Gasteiger partial charge >= 0.3 is 0 Å². The van der Waals surface area contributed by atoms with Gasteiger partial charge in [-0.15, -0.1) is 5.11 Å². The molecule has 124 valence electrons. The lowest BCUT2D eigenvalue weighted by atomic mass is 10.1. The van der Waals surface area contributed by atoms with Gasteiger partial charge in [0.25, 0.3) is 5.69 Å². The Morgan fingerprint density at radius 2 is 1.92 bits per heavy atom. The van der Waals surface area contributed by atoms with Crippen molar-refractivity contribution in [3.63, 3.8) is 0 Å². The molecule has 0 saturated heterocycles. The zero-order chi connectivity index (χ0) is 18.4. The molecule has 25 heavy (non-hydrogen) atoms. The van der Waals surface area contributed by atoms with Crippen molar-refractivity contribution in [1.29, 1.82) is 10.5 Å². The summed E-state index contributed by atoms with van der Waals surface area (Å²) in [6, 6.07) is 8.83. The minimum Gasteiger partial charge on any atom is -0.258 e. The highest BCUT2D eigenvalue weighted by molar-refractivity contribution is 6.33. The summed E-state index contributed by atoms with van der Waals surface area (Å²) in [5.41, 5.74) is 1.92. The van der Waals surface area contributed by atoms with E-state index < -0.39 is 4.92 Å². The van der Waals surface area contributed by atoms with Gasteiger partial charge < -0.3 is 0 Å². The fourth-order valence-electron chi connectivity index (χ4n) is 2.07. The van der Waals surface area contributed by atoms with E-state index in [1.807, 2.05) is 6.92 Å². The van der Waals surface area contributed by atoms with Crippen LogP contribution in [0.2, 0.25) is 5.02 Å². The van der Waals surface area contributed by atoms with Gasteiger partial charge in [-0.1, -0.05) is 18.5 Å². The third kappa shape index (κ3) is 4.08. The first kappa shape index (κ1) is 17.9. The first-order valence-corrected chi connectivity index (χ1v) is 7.46. The summed E-state index contributed by atoms with van der Waals surface area (Å²) in [6.07, 6.45) is 4.17. The molecule has 0 N–H and O–H groups in total. The maximum absolute atomic E-state index is 10.7. The summed E-state index contributed by atoms with van der Waals surface area (Å²) in [5, 5.41) is 36.8. The van der Waals surface area contributed by atoms with Crippen molar-refractivity contribution >= 4 is 34.4 Å². The number of aryl methyl sites for hydroxylation is 1. The van der Waals surface area contributed by atoms with Gasteiger partial charge in [-0.05, 0) is 36.2 Å². The number of nitro benzene ring substituents is 1. The minimum absolute atomic E-state index is 0.116. The number of nitro groups is 1. The van der Waals surface area contributed by atoms with Crippen molar-refractivity contribution in [3.8, 4) is 12.4 Å². The molecular weight excluding hydrogens is 344 g/mol. The van der Waals surface area contributed by atoms with Crippen LogP contribution in [-0.4, -0.2) is 4.92 Å². The summed E-state index contributed by atoms with van der Waals surface area (Å²) >= 11 is 5.97. The molecule has 8 nitrogen and oxygen atoms in total. The van der Waals surface area contributed by atoms with Crippen molar-refractivity contribution in [1.82, 2.24) is 0 Å². The number of hydrogen-bond donors (Lipinski definition) is 0. The third-order valence-corrected chi connectivity index (χ3v) is 3.60. The second kappa shape index (κ2) is 7.86. The summed E-state index contributed by atoms with van der Waals surface area (Å²) in [6.45, 7) is 1.89. The number of nitrogens with zero attached hydrogens (tertiary/aromatic N) is 6. The molecule has 0 fully saturated rings. The van der Waals surface area contributed by atoms with Crippen LogP contribution < -0.4 is 4.90 Å². The molecule has 2 rings (SSSR count). The van der Waals surface area contributed by atoms with Gasteiger partial charge in [0.05, 0.1) is 21.3 Å². The van der Waals surface area contributed by atoms with Crippen molar-refractivity contribution in [2.75, 3.05) is 4.90 Å². The van der Waals surface area contributed by atoms with Gasteiger partial charge in [0, 0.05) is 12.1 Å². The molecule has 0 amide bonds. The van der Waals surface area contributed by atoms with E-state index in [4.69, 9.17) is 22.1 Å². The van der Waals surface area contributed by atoms with Crippen LogP contribution in [0.25, 0.3) is 0 Å². The standard InChI is InChI=1S/C16H11ClN6O2/c1-2-11-7-12(3-6-16(11)22(9-18)10-19)20-21-15-5-4-13(23(24)25)8-14(15)17/h3-8H,2H2,1H3. The number of nitriles is 2. The number of non-ortho nitro benzene ring substituents is 1. The molecule has 0 spiro atoms. The van der Waals surface area contributed by atoms with Crippen LogP contribution >= 0.6 is 11.6 Å². The third-order valence-electron chi connectivity index (χ3n) is 3.30. The molecule has 2 aromatic carbocycles. The topological polar surface area (TPSA) is 119 Å². The molecule has 9 heteroatoms. The van der Waals surface area contributed by atoms with E-state index in [0.717, 1.165) is 10.5 Å². The highest BCUT2D eigenvalue weighted by Crippen LogP contribution is 2.31. The van der Waals surface area contributed by atoms with Crippen LogP contribution in [0.15, 0.2) is 46.6 Å². The Bertz CT molecular complexity index is 915. The van der Waals surface area contributed by atoms with Gasteiger partial charge in [-0.3, -0.25) is 10.1 Å². The van der Waals surface area contributed by atoms with Crippen LogP contribution in [-0.2, 0) is 6.42 Å². The molecule has 0 aliphatic heterocycles. The van der Waals surface area contributed by atoms with Crippen LogP contribution in [0, 0.1) is 33.0 Å². The molecule has 0 aliphatic rings. The van der Waals surface area contributed by atoms with E-state index in [2.05, 4.69) is 10.2 Å². The van der Waals surface area contributed by atoms with Crippen LogP contribution in [0.1, 0.15) is 12.5 Å². The molecule has 0 atom stereocenters. The first-order chi connectivity index (χ1) is 12.0. The van der Waals surface area contributed by atoms with Crippen molar-refractivity contribution < 1.29 is 4.92 Å². The highest BCUT2D eigenvalue weighted by atomic mass is 35.5. The van der Waals surface area contributed by atoms with Crippen LogP contribution in [0.3, 0.4) is 0 Å². The number of anilines is 1. The molecule has 0 aromatic heterocycles. The second-order valence-electron chi connectivity index (χ2n) is 4.79. The average Bonchev–Trinajstić information content (AvgIpc) is 2.62. The lowest BCUT2D eigenvalue weighted by molar-refractivity contribution is -0.384. The number of rotatable bonds is 5. The van der Waals surface area contributed by atoms with Gasteiger partial charge in [0.1, 0.15) is 5.69 Å². The predicted molar refractivity (Wildman–Crippen MR) is 91.8 cm³/mol.